The third kappa shape index (κ3) is 5.52. The molecule has 3 aliphatic heterocycles. The van der Waals surface area contributed by atoms with E-state index in [9.17, 15) is 9.59 Å². The van der Waals surface area contributed by atoms with Crippen LogP contribution in [-0.2, 0) is 23.8 Å². The lowest BCUT2D eigenvalue weighted by molar-refractivity contribution is -0.157. The molecule has 1 aromatic carbocycles. The van der Waals surface area contributed by atoms with Gasteiger partial charge in [-0.3, -0.25) is 9.59 Å². The Morgan fingerprint density at radius 3 is 2.70 bits per heavy atom. The van der Waals surface area contributed by atoms with Gasteiger partial charge < -0.3 is 34.4 Å². The van der Waals surface area contributed by atoms with Crippen LogP contribution < -0.4 is 10.2 Å². The van der Waals surface area contributed by atoms with E-state index in [2.05, 4.69) is 21.7 Å². The first kappa shape index (κ1) is 25.7. The standard InChI is InChI=1S/C27H33N3O6S/c31-11-12-34-13-14-35-24-17-21(20-6-15-37-18-20)16-23(36-24)25(32)29-9-7-27(8-10-29)26(33)28-19-30(27)22-4-2-1-3-5-22/h1-6,15-16,18,21,24,31H,7-14,17,19H2,(H,28,33). The van der Waals surface area contributed by atoms with Crippen LogP contribution in [0.4, 0.5) is 5.69 Å². The number of carbonyl (C=O) groups is 2. The number of thiophene rings is 1. The molecule has 2 fully saturated rings. The SMILES string of the molecule is O=C(C1=CC(c2ccsc2)CC(OCCOCCO)O1)N1CCC2(CC1)C(=O)NCN2c1ccccc1. The molecule has 2 amide bonds. The van der Waals surface area contributed by atoms with E-state index >= 15 is 0 Å². The molecule has 2 unspecified atom stereocenters. The lowest BCUT2D eigenvalue weighted by atomic mass is 9.85. The molecule has 0 saturated carbocycles. The largest absolute Gasteiger partial charge is 0.459 e. The summed E-state index contributed by atoms with van der Waals surface area (Å²) in [5.74, 6) is 0.138. The molecule has 0 radical (unpaired) electrons. The highest BCUT2D eigenvalue weighted by Crippen LogP contribution is 2.38. The van der Waals surface area contributed by atoms with Crippen LogP contribution in [-0.4, -0.2) is 79.8 Å². The summed E-state index contributed by atoms with van der Waals surface area (Å²) in [4.78, 5) is 30.5. The molecule has 1 aromatic heterocycles. The Hall–Kier alpha value is -2.92. The molecule has 1 spiro atoms. The van der Waals surface area contributed by atoms with Crippen LogP contribution in [0.5, 0.6) is 0 Å². The Balaban J connectivity index is 1.26. The van der Waals surface area contributed by atoms with Gasteiger partial charge in [0.1, 0.15) is 5.54 Å². The molecule has 2 aromatic rings. The van der Waals surface area contributed by atoms with Crippen molar-refractivity contribution >= 4 is 28.8 Å². The summed E-state index contributed by atoms with van der Waals surface area (Å²) in [5, 5.41) is 16.0. The number of carbonyl (C=O) groups excluding carboxylic acids is 2. The van der Waals surface area contributed by atoms with E-state index in [1.807, 2.05) is 41.8 Å². The van der Waals surface area contributed by atoms with E-state index in [0.29, 0.717) is 52.2 Å². The number of aliphatic hydroxyl groups is 1. The van der Waals surface area contributed by atoms with Crippen molar-refractivity contribution in [2.24, 2.45) is 0 Å². The van der Waals surface area contributed by atoms with Crippen LogP contribution in [0.2, 0.25) is 0 Å². The predicted molar refractivity (Wildman–Crippen MR) is 139 cm³/mol. The van der Waals surface area contributed by atoms with Gasteiger partial charge in [-0.05, 0) is 53.4 Å². The Morgan fingerprint density at radius 1 is 1.16 bits per heavy atom. The van der Waals surface area contributed by atoms with E-state index in [1.54, 1.807) is 16.2 Å². The number of hydrogen-bond donors (Lipinski definition) is 2. The molecular weight excluding hydrogens is 494 g/mol. The smallest absolute Gasteiger partial charge is 0.288 e. The van der Waals surface area contributed by atoms with Crippen molar-refractivity contribution in [3.05, 3.63) is 64.6 Å². The predicted octanol–water partition coefficient (Wildman–Crippen LogP) is 2.44. The number of para-hydroxylation sites is 1. The summed E-state index contributed by atoms with van der Waals surface area (Å²) in [6.45, 7) is 2.24. The molecule has 198 valence electrons. The number of amides is 2. The van der Waals surface area contributed by atoms with Gasteiger partial charge in [0.2, 0.25) is 12.2 Å². The van der Waals surface area contributed by atoms with E-state index in [4.69, 9.17) is 19.3 Å². The Labute approximate surface area is 220 Å². The number of likely N-dealkylation sites (tertiary alicyclic amines) is 1. The number of aliphatic hydroxyl groups excluding tert-OH is 1. The van der Waals surface area contributed by atoms with Crippen molar-refractivity contribution in [1.29, 1.82) is 0 Å². The first-order chi connectivity index (χ1) is 18.1. The molecule has 2 atom stereocenters. The fourth-order valence-corrected chi connectivity index (χ4v) is 6.03. The van der Waals surface area contributed by atoms with Crippen LogP contribution in [0.25, 0.3) is 0 Å². The van der Waals surface area contributed by atoms with Gasteiger partial charge in [-0.2, -0.15) is 11.3 Å². The van der Waals surface area contributed by atoms with Crippen molar-refractivity contribution in [2.45, 2.75) is 37.0 Å². The fraction of sp³-hybridized carbons (Fsp3) is 0.481. The highest BCUT2D eigenvalue weighted by Gasteiger charge is 2.51. The zero-order valence-corrected chi connectivity index (χ0v) is 21.5. The summed E-state index contributed by atoms with van der Waals surface area (Å²) in [7, 11) is 0. The van der Waals surface area contributed by atoms with Gasteiger partial charge >= 0.3 is 0 Å². The second-order valence-electron chi connectivity index (χ2n) is 9.44. The lowest BCUT2D eigenvalue weighted by Crippen LogP contribution is -2.57. The van der Waals surface area contributed by atoms with E-state index in [1.165, 1.54) is 0 Å². The number of nitrogens with zero attached hydrogens (tertiary/aromatic N) is 2. The fourth-order valence-electron chi connectivity index (χ4n) is 5.30. The minimum Gasteiger partial charge on any atom is -0.459 e. The number of ether oxygens (including phenoxy) is 3. The topological polar surface area (TPSA) is 101 Å². The first-order valence-corrected chi connectivity index (χ1v) is 13.7. The molecule has 0 aliphatic carbocycles. The minimum absolute atomic E-state index is 0.00706. The van der Waals surface area contributed by atoms with Gasteiger partial charge in [0.15, 0.2) is 5.76 Å². The molecule has 9 nitrogen and oxygen atoms in total. The molecular formula is C27H33N3O6S. The van der Waals surface area contributed by atoms with Gasteiger partial charge in [-0.1, -0.05) is 18.2 Å². The van der Waals surface area contributed by atoms with Gasteiger partial charge in [-0.15, -0.1) is 0 Å². The summed E-state index contributed by atoms with van der Waals surface area (Å²) in [6.07, 6.45) is 3.01. The van der Waals surface area contributed by atoms with Gasteiger partial charge in [-0.25, -0.2) is 0 Å². The average molecular weight is 528 g/mol. The number of benzene rings is 1. The first-order valence-electron chi connectivity index (χ1n) is 12.7. The number of allylic oxidation sites excluding steroid dienone is 1. The van der Waals surface area contributed by atoms with Crippen molar-refractivity contribution in [3.63, 3.8) is 0 Å². The highest BCUT2D eigenvalue weighted by atomic mass is 32.1. The Kier molecular flexibility index (Phi) is 8.09. The number of nitrogens with one attached hydrogen (secondary N) is 1. The minimum atomic E-state index is -0.653. The second kappa shape index (κ2) is 11.6. The molecule has 37 heavy (non-hydrogen) atoms. The lowest BCUT2D eigenvalue weighted by Gasteiger charge is -2.43. The van der Waals surface area contributed by atoms with Crippen LogP contribution in [0, 0.1) is 0 Å². The van der Waals surface area contributed by atoms with Crippen LogP contribution >= 0.6 is 11.3 Å². The van der Waals surface area contributed by atoms with Crippen LogP contribution in [0.15, 0.2) is 59.0 Å². The number of piperidine rings is 1. The maximum absolute atomic E-state index is 13.6. The Morgan fingerprint density at radius 2 is 1.97 bits per heavy atom. The van der Waals surface area contributed by atoms with Crippen molar-refractivity contribution in [1.82, 2.24) is 10.2 Å². The van der Waals surface area contributed by atoms with Crippen LogP contribution in [0.1, 0.15) is 30.7 Å². The van der Waals surface area contributed by atoms with Crippen molar-refractivity contribution < 1.29 is 28.9 Å². The molecule has 0 bridgehead atoms. The number of rotatable bonds is 9. The molecule has 2 saturated heterocycles. The zero-order valence-electron chi connectivity index (χ0n) is 20.7. The maximum Gasteiger partial charge on any atom is 0.288 e. The van der Waals surface area contributed by atoms with E-state index in [0.717, 1.165) is 11.3 Å². The average Bonchev–Trinajstić information content (AvgIpc) is 3.58. The molecule has 3 aliphatic rings. The molecule has 2 N–H and O–H groups in total. The Bertz CT molecular complexity index is 1080. The van der Waals surface area contributed by atoms with Gasteiger partial charge in [0.25, 0.3) is 5.91 Å². The quantitative estimate of drug-likeness (QED) is 0.483. The number of anilines is 1. The monoisotopic (exact) mass is 527 g/mol. The third-order valence-corrected chi connectivity index (χ3v) is 7.99. The summed E-state index contributed by atoms with van der Waals surface area (Å²) < 4.78 is 17.2. The normalized spacial score (nSPS) is 23.1. The summed E-state index contributed by atoms with van der Waals surface area (Å²) in [6, 6.07) is 12.0. The van der Waals surface area contributed by atoms with Crippen molar-refractivity contribution in [3.8, 4) is 0 Å². The zero-order chi connectivity index (χ0) is 25.7. The second-order valence-corrected chi connectivity index (χ2v) is 10.2. The molecule has 10 heteroatoms. The third-order valence-electron chi connectivity index (χ3n) is 7.29. The van der Waals surface area contributed by atoms with Crippen molar-refractivity contribution in [2.75, 3.05) is 51.1 Å². The van der Waals surface area contributed by atoms with Crippen LogP contribution in [0.3, 0.4) is 0 Å². The summed E-state index contributed by atoms with van der Waals surface area (Å²) >= 11 is 1.62. The highest BCUT2D eigenvalue weighted by molar-refractivity contribution is 7.08. The van der Waals surface area contributed by atoms with E-state index in [-0.39, 0.29) is 36.7 Å². The van der Waals surface area contributed by atoms with Gasteiger partial charge in [0, 0.05) is 31.1 Å². The summed E-state index contributed by atoms with van der Waals surface area (Å²) in [5.41, 5.74) is 1.47. The number of hydrogen-bond acceptors (Lipinski definition) is 8. The van der Waals surface area contributed by atoms with E-state index < -0.39 is 11.8 Å². The maximum atomic E-state index is 13.6. The molecule has 4 heterocycles. The van der Waals surface area contributed by atoms with Gasteiger partial charge in [0.05, 0.1) is 33.1 Å². The molecule has 5 rings (SSSR count).